The molecule has 0 bridgehead atoms. The predicted molar refractivity (Wildman–Crippen MR) is 125 cm³/mol. The van der Waals surface area contributed by atoms with Gasteiger partial charge in [-0.1, -0.05) is 30.7 Å². The summed E-state index contributed by atoms with van der Waals surface area (Å²) in [6.07, 6.45) is 1.72. The zero-order chi connectivity index (χ0) is 23.3. The van der Waals surface area contributed by atoms with Crippen LogP contribution in [0.4, 0.5) is 0 Å². The molecule has 174 valence electrons. The quantitative estimate of drug-likeness (QED) is 0.508. The molecule has 6 nitrogen and oxygen atoms in total. The van der Waals surface area contributed by atoms with Crippen molar-refractivity contribution in [2.45, 2.75) is 31.2 Å². The fourth-order valence-corrected chi connectivity index (χ4v) is 4.86. The summed E-state index contributed by atoms with van der Waals surface area (Å²) in [6, 6.07) is 13.6. The number of carbonyl (C=O) groups is 1. The number of hydrogen-bond donors (Lipinski definition) is 0. The Morgan fingerprint density at radius 1 is 1.19 bits per heavy atom. The number of nitrogens with zero attached hydrogens (tertiary/aromatic N) is 1. The minimum atomic E-state index is -3.23. The summed E-state index contributed by atoms with van der Waals surface area (Å²) in [7, 11) is -3.23. The van der Waals surface area contributed by atoms with Gasteiger partial charge >= 0.3 is 5.97 Å². The predicted octanol–water partition coefficient (Wildman–Crippen LogP) is 3.86. The molecule has 32 heavy (non-hydrogen) atoms. The molecule has 0 spiro atoms. The van der Waals surface area contributed by atoms with Crippen molar-refractivity contribution in [3.63, 3.8) is 0 Å². The van der Waals surface area contributed by atoms with Crippen molar-refractivity contribution in [1.82, 2.24) is 4.90 Å². The lowest BCUT2D eigenvalue weighted by Gasteiger charge is -2.26. The number of rotatable bonds is 9. The number of halogens is 1. The molecule has 1 fully saturated rings. The number of sulfone groups is 1. The second kappa shape index (κ2) is 10.7. The Hall–Kier alpha value is -2.09. The molecule has 3 atom stereocenters. The van der Waals surface area contributed by atoms with Crippen molar-refractivity contribution in [3.8, 4) is 5.75 Å². The summed E-state index contributed by atoms with van der Waals surface area (Å²) in [5.41, 5.74) is 0.994. The van der Waals surface area contributed by atoms with Gasteiger partial charge in [0, 0.05) is 30.3 Å². The lowest BCUT2D eigenvalue weighted by atomic mass is 9.99. The van der Waals surface area contributed by atoms with Crippen LogP contribution < -0.4 is 4.74 Å². The van der Waals surface area contributed by atoms with E-state index in [1.807, 2.05) is 31.2 Å². The van der Waals surface area contributed by atoms with E-state index in [-0.39, 0.29) is 22.8 Å². The number of benzene rings is 2. The number of likely N-dealkylation sites (tertiary alicyclic amines) is 1. The highest BCUT2D eigenvalue weighted by Gasteiger charge is 2.37. The number of hydrogen-bond acceptors (Lipinski definition) is 6. The minimum Gasteiger partial charge on any atom is -0.493 e. The van der Waals surface area contributed by atoms with Crippen LogP contribution in [0.2, 0.25) is 5.02 Å². The highest BCUT2D eigenvalue weighted by atomic mass is 35.5. The smallest absolute Gasteiger partial charge is 0.323 e. The van der Waals surface area contributed by atoms with Crippen molar-refractivity contribution in [3.05, 3.63) is 59.1 Å². The lowest BCUT2D eigenvalue weighted by molar-refractivity contribution is -0.149. The van der Waals surface area contributed by atoms with Crippen LogP contribution in [0.5, 0.6) is 5.75 Å². The molecule has 0 N–H and O–H groups in total. The van der Waals surface area contributed by atoms with Crippen LogP contribution in [0.1, 0.15) is 19.4 Å². The van der Waals surface area contributed by atoms with Crippen LogP contribution in [0.3, 0.4) is 0 Å². The Labute approximate surface area is 195 Å². The largest absolute Gasteiger partial charge is 0.493 e. The van der Waals surface area contributed by atoms with Gasteiger partial charge in [0.2, 0.25) is 0 Å². The Morgan fingerprint density at radius 2 is 1.91 bits per heavy atom. The molecule has 0 amide bonds. The normalized spacial score (nSPS) is 20.1. The first-order valence-electron chi connectivity index (χ1n) is 10.8. The number of esters is 1. The van der Waals surface area contributed by atoms with Crippen molar-refractivity contribution < 1.29 is 22.7 Å². The average molecular weight is 480 g/mol. The molecule has 1 heterocycles. The van der Waals surface area contributed by atoms with Crippen LogP contribution >= 0.6 is 11.6 Å². The van der Waals surface area contributed by atoms with Crippen LogP contribution in [0, 0.1) is 11.8 Å². The topological polar surface area (TPSA) is 72.9 Å². The first kappa shape index (κ1) is 24.6. The maximum Gasteiger partial charge on any atom is 0.323 e. The lowest BCUT2D eigenvalue weighted by Crippen LogP contribution is -2.43. The Balaban J connectivity index is 1.65. The molecule has 1 aliphatic rings. The van der Waals surface area contributed by atoms with E-state index in [1.165, 1.54) is 6.26 Å². The Morgan fingerprint density at radius 3 is 2.53 bits per heavy atom. The monoisotopic (exact) mass is 479 g/mol. The van der Waals surface area contributed by atoms with E-state index in [2.05, 4.69) is 11.8 Å². The summed E-state index contributed by atoms with van der Waals surface area (Å²) >= 11 is 6.13. The maximum absolute atomic E-state index is 12.7. The zero-order valence-electron chi connectivity index (χ0n) is 18.7. The van der Waals surface area contributed by atoms with E-state index in [4.69, 9.17) is 21.1 Å². The van der Waals surface area contributed by atoms with Crippen molar-refractivity contribution in [2.75, 3.05) is 32.6 Å². The first-order valence-corrected chi connectivity index (χ1v) is 13.0. The maximum atomic E-state index is 12.7. The molecule has 8 heteroatoms. The zero-order valence-corrected chi connectivity index (χ0v) is 20.2. The van der Waals surface area contributed by atoms with Crippen molar-refractivity contribution in [2.24, 2.45) is 11.8 Å². The number of ether oxygens (including phenoxy) is 2. The van der Waals surface area contributed by atoms with E-state index in [0.29, 0.717) is 42.9 Å². The molecule has 0 saturated carbocycles. The highest BCUT2D eigenvalue weighted by Crippen LogP contribution is 2.28. The van der Waals surface area contributed by atoms with E-state index >= 15 is 0 Å². The van der Waals surface area contributed by atoms with Gasteiger partial charge in [-0.05, 0) is 61.2 Å². The third kappa shape index (κ3) is 6.47. The summed E-state index contributed by atoms with van der Waals surface area (Å²) in [5, 5.41) is 0.646. The molecule has 3 rings (SSSR count). The van der Waals surface area contributed by atoms with Crippen LogP contribution in [-0.2, 0) is 25.8 Å². The van der Waals surface area contributed by atoms with Gasteiger partial charge in [0.05, 0.1) is 18.1 Å². The second-order valence-electron chi connectivity index (χ2n) is 8.35. The Kier molecular flexibility index (Phi) is 8.20. The van der Waals surface area contributed by atoms with Gasteiger partial charge < -0.3 is 9.47 Å². The van der Waals surface area contributed by atoms with E-state index in [9.17, 15) is 13.2 Å². The molecular formula is C24H30ClNO5S. The van der Waals surface area contributed by atoms with Gasteiger partial charge in [0.15, 0.2) is 9.84 Å². The molecule has 1 saturated heterocycles. The fraction of sp³-hybridized carbons (Fsp3) is 0.458. The first-order chi connectivity index (χ1) is 15.2. The molecular weight excluding hydrogens is 450 g/mol. The molecule has 2 aromatic carbocycles. The molecule has 1 unspecified atom stereocenters. The van der Waals surface area contributed by atoms with E-state index < -0.39 is 9.84 Å². The van der Waals surface area contributed by atoms with Crippen LogP contribution in [0.15, 0.2) is 53.4 Å². The average Bonchev–Trinajstić information content (AvgIpc) is 3.10. The molecule has 0 radical (unpaired) electrons. The fourth-order valence-electron chi connectivity index (χ4n) is 4.02. The summed E-state index contributed by atoms with van der Waals surface area (Å²) in [5.74, 6) is 0.976. The van der Waals surface area contributed by atoms with Gasteiger partial charge in [-0.2, -0.15) is 0 Å². The highest BCUT2D eigenvalue weighted by molar-refractivity contribution is 7.90. The van der Waals surface area contributed by atoms with E-state index in [1.54, 1.807) is 24.3 Å². The second-order valence-corrected chi connectivity index (χ2v) is 10.8. The molecule has 0 aliphatic carbocycles. The standard InChI is InChI=1S/C24H30ClNO5S/c1-4-30-24(27)23(13-18-6-5-7-20(25)12-18)26-14-17(2)19(15-26)16-31-21-8-10-22(11-9-21)32(3,28)29/h5-12,17,19,23H,4,13-16H2,1-3H3/t17-,19+,23?/m1/s1. The van der Waals surface area contributed by atoms with Gasteiger partial charge in [-0.3, -0.25) is 9.69 Å². The molecule has 2 aromatic rings. The minimum absolute atomic E-state index is 0.224. The van der Waals surface area contributed by atoms with Gasteiger partial charge in [-0.15, -0.1) is 0 Å². The molecule has 0 aromatic heterocycles. The van der Waals surface area contributed by atoms with Gasteiger partial charge in [0.1, 0.15) is 11.8 Å². The van der Waals surface area contributed by atoms with Crippen LogP contribution in [0.25, 0.3) is 0 Å². The van der Waals surface area contributed by atoms with Crippen molar-refractivity contribution in [1.29, 1.82) is 0 Å². The van der Waals surface area contributed by atoms with Crippen LogP contribution in [-0.4, -0.2) is 57.9 Å². The Bertz CT molecular complexity index is 1020. The van der Waals surface area contributed by atoms with Crippen molar-refractivity contribution >= 4 is 27.4 Å². The SMILES string of the molecule is CCOC(=O)C(Cc1cccc(Cl)c1)N1C[C@@H](COc2ccc(S(C)(=O)=O)cc2)[C@H](C)C1. The van der Waals surface area contributed by atoms with Gasteiger partial charge in [-0.25, -0.2) is 8.42 Å². The van der Waals surface area contributed by atoms with Gasteiger partial charge in [0.25, 0.3) is 0 Å². The summed E-state index contributed by atoms with van der Waals surface area (Å²) in [4.78, 5) is 15.2. The molecule has 1 aliphatic heterocycles. The third-order valence-electron chi connectivity index (χ3n) is 5.83. The van der Waals surface area contributed by atoms with E-state index in [0.717, 1.165) is 12.1 Å². The summed E-state index contributed by atoms with van der Waals surface area (Å²) in [6.45, 7) is 6.28. The summed E-state index contributed by atoms with van der Waals surface area (Å²) < 4.78 is 34.5. The number of carbonyl (C=O) groups excluding carboxylic acids is 1. The third-order valence-corrected chi connectivity index (χ3v) is 7.19.